The molecule has 76 valence electrons. The van der Waals surface area contributed by atoms with Crippen LogP contribution in [0.25, 0.3) is 11.0 Å². The van der Waals surface area contributed by atoms with E-state index in [1.807, 2.05) is 13.0 Å². The number of ether oxygens (including phenoxy) is 1. The molecule has 15 heavy (non-hydrogen) atoms. The molecule has 3 nitrogen and oxygen atoms in total. The number of hydrogen-bond donors (Lipinski definition) is 0. The molecule has 1 aromatic heterocycles. The summed E-state index contributed by atoms with van der Waals surface area (Å²) in [5.74, 6) is 0.603. The van der Waals surface area contributed by atoms with Crippen molar-refractivity contribution in [3.63, 3.8) is 0 Å². The van der Waals surface area contributed by atoms with Crippen LogP contribution in [-0.4, -0.2) is 0 Å². The molecule has 0 saturated carbocycles. The Morgan fingerprint density at radius 2 is 2.20 bits per heavy atom. The van der Waals surface area contributed by atoms with E-state index < -0.39 is 0 Å². The first kappa shape index (κ1) is 9.52. The van der Waals surface area contributed by atoms with Gasteiger partial charge in [0.15, 0.2) is 0 Å². The lowest BCUT2D eigenvalue weighted by Gasteiger charge is -2.02. The molecular formula is C12H10O3. The van der Waals surface area contributed by atoms with Gasteiger partial charge in [0.1, 0.15) is 11.3 Å². The van der Waals surface area contributed by atoms with E-state index in [2.05, 4.69) is 6.58 Å². The normalized spacial score (nSPS) is 10.2. The van der Waals surface area contributed by atoms with E-state index in [1.54, 1.807) is 12.1 Å². The summed E-state index contributed by atoms with van der Waals surface area (Å²) < 4.78 is 10.2. The van der Waals surface area contributed by atoms with Crippen molar-refractivity contribution in [1.29, 1.82) is 0 Å². The van der Waals surface area contributed by atoms with E-state index in [1.165, 1.54) is 12.3 Å². The molecule has 0 aliphatic carbocycles. The SMILES string of the molecule is C=COc1ccc2c(C)cc(=O)oc2c1. The van der Waals surface area contributed by atoms with Crippen molar-refractivity contribution >= 4 is 11.0 Å². The molecule has 2 rings (SSSR count). The first-order valence-electron chi connectivity index (χ1n) is 4.53. The topological polar surface area (TPSA) is 39.4 Å². The molecule has 0 radical (unpaired) electrons. The molecule has 0 N–H and O–H groups in total. The Kier molecular flexibility index (Phi) is 2.29. The van der Waals surface area contributed by atoms with Crippen molar-refractivity contribution in [2.45, 2.75) is 6.92 Å². The maximum absolute atomic E-state index is 11.1. The van der Waals surface area contributed by atoms with Crippen molar-refractivity contribution in [2.75, 3.05) is 0 Å². The number of fused-ring (bicyclic) bond motifs is 1. The van der Waals surface area contributed by atoms with Gasteiger partial charge >= 0.3 is 5.63 Å². The average Bonchev–Trinajstić information content (AvgIpc) is 2.17. The molecular weight excluding hydrogens is 192 g/mol. The van der Waals surface area contributed by atoms with Gasteiger partial charge in [-0.25, -0.2) is 4.79 Å². The Bertz CT molecular complexity index is 567. The third kappa shape index (κ3) is 1.76. The van der Waals surface area contributed by atoms with E-state index in [0.29, 0.717) is 11.3 Å². The Labute approximate surface area is 86.6 Å². The van der Waals surface area contributed by atoms with Crippen LogP contribution in [0.3, 0.4) is 0 Å². The summed E-state index contributed by atoms with van der Waals surface area (Å²) in [6.45, 7) is 5.32. The van der Waals surface area contributed by atoms with Gasteiger partial charge < -0.3 is 9.15 Å². The highest BCUT2D eigenvalue weighted by atomic mass is 16.5. The summed E-state index contributed by atoms with van der Waals surface area (Å²) in [6, 6.07) is 6.80. The largest absolute Gasteiger partial charge is 0.465 e. The Balaban J connectivity index is 2.70. The summed E-state index contributed by atoms with van der Waals surface area (Å²) in [6.07, 6.45) is 1.33. The molecule has 1 aromatic carbocycles. The van der Waals surface area contributed by atoms with E-state index in [4.69, 9.17) is 9.15 Å². The molecule has 0 spiro atoms. The smallest absolute Gasteiger partial charge is 0.336 e. The van der Waals surface area contributed by atoms with Crippen LogP contribution < -0.4 is 10.4 Å². The van der Waals surface area contributed by atoms with E-state index in [9.17, 15) is 4.79 Å². The van der Waals surface area contributed by atoms with Crippen LogP contribution in [0.15, 0.2) is 46.3 Å². The highest BCUT2D eigenvalue weighted by Crippen LogP contribution is 2.22. The second-order valence-electron chi connectivity index (χ2n) is 3.19. The average molecular weight is 202 g/mol. The standard InChI is InChI=1S/C12H10O3/c1-3-14-9-4-5-10-8(2)6-12(13)15-11(10)7-9/h3-7H,1H2,2H3. The summed E-state index contributed by atoms with van der Waals surface area (Å²) >= 11 is 0. The fourth-order valence-electron chi connectivity index (χ4n) is 1.47. The lowest BCUT2D eigenvalue weighted by Crippen LogP contribution is -1.97. The molecule has 0 amide bonds. The Hall–Kier alpha value is -2.03. The first-order valence-corrected chi connectivity index (χ1v) is 4.53. The maximum atomic E-state index is 11.1. The number of benzene rings is 1. The molecule has 0 atom stereocenters. The van der Waals surface area contributed by atoms with Crippen molar-refractivity contribution in [3.05, 3.63) is 53.1 Å². The third-order valence-corrected chi connectivity index (χ3v) is 2.14. The molecule has 0 fully saturated rings. The first-order chi connectivity index (χ1) is 7.20. The van der Waals surface area contributed by atoms with Gasteiger partial charge in [0.05, 0.1) is 6.26 Å². The van der Waals surface area contributed by atoms with Crippen molar-refractivity contribution in [3.8, 4) is 5.75 Å². The van der Waals surface area contributed by atoms with Crippen LogP contribution in [0.2, 0.25) is 0 Å². The molecule has 3 heteroatoms. The lowest BCUT2D eigenvalue weighted by atomic mass is 10.1. The van der Waals surface area contributed by atoms with Gasteiger partial charge in [-0.05, 0) is 24.6 Å². The van der Waals surface area contributed by atoms with Gasteiger partial charge in [0, 0.05) is 17.5 Å². The van der Waals surface area contributed by atoms with E-state index >= 15 is 0 Å². The van der Waals surface area contributed by atoms with E-state index in [0.717, 1.165) is 10.9 Å². The van der Waals surface area contributed by atoms with Crippen LogP contribution in [-0.2, 0) is 0 Å². The van der Waals surface area contributed by atoms with Crippen LogP contribution in [0.5, 0.6) is 5.75 Å². The van der Waals surface area contributed by atoms with Gasteiger partial charge in [0.25, 0.3) is 0 Å². The van der Waals surface area contributed by atoms with Crippen LogP contribution >= 0.6 is 0 Å². The summed E-state index contributed by atoms with van der Waals surface area (Å²) in [5.41, 5.74) is 1.07. The van der Waals surface area contributed by atoms with E-state index in [-0.39, 0.29) is 5.63 Å². The molecule has 0 unspecified atom stereocenters. The predicted molar refractivity (Wildman–Crippen MR) is 58.0 cm³/mol. The molecule has 0 aliphatic rings. The van der Waals surface area contributed by atoms with Crippen molar-refractivity contribution in [2.24, 2.45) is 0 Å². The van der Waals surface area contributed by atoms with Gasteiger partial charge in [0.2, 0.25) is 0 Å². The Morgan fingerprint density at radius 3 is 2.93 bits per heavy atom. The molecule has 1 heterocycles. The summed E-state index contributed by atoms with van der Waals surface area (Å²) in [4.78, 5) is 11.1. The maximum Gasteiger partial charge on any atom is 0.336 e. The molecule has 0 saturated heterocycles. The lowest BCUT2D eigenvalue weighted by molar-refractivity contribution is 0.481. The minimum Gasteiger partial charge on any atom is -0.465 e. The minimum absolute atomic E-state index is 0.351. The zero-order valence-electron chi connectivity index (χ0n) is 8.32. The van der Waals surface area contributed by atoms with Crippen LogP contribution in [0.1, 0.15) is 5.56 Å². The highest BCUT2D eigenvalue weighted by molar-refractivity contribution is 5.81. The Morgan fingerprint density at radius 1 is 1.40 bits per heavy atom. The fourth-order valence-corrected chi connectivity index (χ4v) is 1.47. The summed E-state index contributed by atoms with van der Waals surface area (Å²) in [5, 5.41) is 0.908. The highest BCUT2D eigenvalue weighted by Gasteiger charge is 2.03. The second-order valence-corrected chi connectivity index (χ2v) is 3.19. The molecule has 2 aromatic rings. The fraction of sp³-hybridized carbons (Fsp3) is 0.0833. The minimum atomic E-state index is -0.351. The quantitative estimate of drug-likeness (QED) is 0.555. The second kappa shape index (κ2) is 3.61. The molecule has 0 aliphatic heterocycles. The van der Waals surface area contributed by atoms with Crippen molar-refractivity contribution in [1.82, 2.24) is 0 Å². The van der Waals surface area contributed by atoms with Crippen LogP contribution in [0.4, 0.5) is 0 Å². The zero-order chi connectivity index (χ0) is 10.8. The predicted octanol–water partition coefficient (Wildman–Crippen LogP) is 2.62. The number of aryl methyl sites for hydroxylation is 1. The third-order valence-electron chi connectivity index (χ3n) is 2.14. The van der Waals surface area contributed by atoms with Gasteiger partial charge in [-0.15, -0.1) is 0 Å². The van der Waals surface area contributed by atoms with Gasteiger partial charge in [-0.2, -0.15) is 0 Å². The molecule has 0 bridgehead atoms. The van der Waals surface area contributed by atoms with Gasteiger partial charge in [-0.1, -0.05) is 6.58 Å². The number of hydrogen-bond acceptors (Lipinski definition) is 3. The van der Waals surface area contributed by atoms with Crippen molar-refractivity contribution < 1.29 is 9.15 Å². The van der Waals surface area contributed by atoms with Crippen LogP contribution in [0, 0.1) is 6.92 Å². The monoisotopic (exact) mass is 202 g/mol. The summed E-state index contributed by atoms with van der Waals surface area (Å²) in [7, 11) is 0. The van der Waals surface area contributed by atoms with Gasteiger partial charge in [-0.3, -0.25) is 0 Å². The zero-order valence-corrected chi connectivity index (χ0v) is 8.32. The number of rotatable bonds is 2.